The fourth-order valence-electron chi connectivity index (χ4n) is 2.22. The second kappa shape index (κ2) is 6.16. The summed E-state index contributed by atoms with van der Waals surface area (Å²) >= 11 is 0. The van der Waals surface area contributed by atoms with Crippen LogP contribution >= 0.6 is 0 Å². The van der Waals surface area contributed by atoms with E-state index in [9.17, 15) is 5.11 Å². The summed E-state index contributed by atoms with van der Waals surface area (Å²) in [7, 11) is 3.46. The average Bonchev–Trinajstić information content (AvgIpc) is 2.42. The van der Waals surface area contributed by atoms with Crippen LogP contribution in [0.4, 0.5) is 11.6 Å². The highest BCUT2D eigenvalue weighted by Crippen LogP contribution is 2.23. The van der Waals surface area contributed by atoms with Gasteiger partial charge in [0.2, 0.25) is 0 Å². The minimum absolute atomic E-state index is 0.298. The molecule has 2 heterocycles. The zero-order valence-corrected chi connectivity index (χ0v) is 11.8. The molecule has 0 aromatic carbocycles. The van der Waals surface area contributed by atoms with Crippen molar-refractivity contribution in [3.05, 3.63) is 11.9 Å². The number of nitrogens with one attached hydrogen (secondary N) is 1. The van der Waals surface area contributed by atoms with Gasteiger partial charge in [-0.05, 0) is 12.3 Å². The van der Waals surface area contributed by atoms with Gasteiger partial charge in [0.1, 0.15) is 18.2 Å². The van der Waals surface area contributed by atoms with Crippen LogP contribution in [0.2, 0.25) is 0 Å². The largest absolute Gasteiger partial charge is 0.391 e. The van der Waals surface area contributed by atoms with Crippen LogP contribution in [0.5, 0.6) is 0 Å². The quantitative estimate of drug-likeness (QED) is 0.843. The third-order valence-electron chi connectivity index (χ3n) is 3.53. The number of methoxy groups -OCH3 is 1. The summed E-state index contributed by atoms with van der Waals surface area (Å²) < 4.78 is 5.09. The Labute approximate surface area is 113 Å². The molecule has 0 aliphatic carbocycles. The van der Waals surface area contributed by atoms with Crippen molar-refractivity contribution < 1.29 is 9.84 Å². The number of ether oxygens (including phenoxy) is 1. The highest BCUT2D eigenvalue weighted by atomic mass is 16.5. The number of aromatic nitrogens is 2. The summed E-state index contributed by atoms with van der Waals surface area (Å²) in [5, 5.41) is 13.0. The van der Waals surface area contributed by atoms with Gasteiger partial charge in [-0.1, -0.05) is 6.92 Å². The van der Waals surface area contributed by atoms with Gasteiger partial charge in [-0.15, -0.1) is 0 Å². The van der Waals surface area contributed by atoms with Crippen LogP contribution in [-0.4, -0.2) is 48.4 Å². The van der Waals surface area contributed by atoms with E-state index in [2.05, 4.69) is 27.1 Å². The summed E-state index contributed by atoms with van der Waals surface area (Å²) in [4.78, 5) is 10.9. The van der Waals surface area contributed by atoms with Gasteiger partial charge < -0.3 is 20.1 Å². The highest BCUT2D eigenvalue weighted by Gasteiger charge is 2.25. The monoisotopic (exact) mass is 266 g/mol. The first kappa shape index (κ1) is 14.0. The zero-order valence-electron chi connectivity index (χ0n) is 11.8. The lowest BCUT2D eigenvalue weighted by molar-refractivity contribution is 0.102. The zero-order chi connectivity index (χ0) is 13.8. The smallest absolute Gasteiger partial charge is 0.158 e. The fourth-order valence-corrected chi connectivity index (χ4v) is 2.22. The van der Waals surface area contributed by atoms with Gasteiger partial charge in [0, 0.05) is 33.3 Å². The molecule has 1 fully saturated rings. The van der Waals surface area contributed by atoms with E-state index in [4.69, 9.17) is 4.74 Å². The Morgan fingerprint density at radius 2 is 2.32 bits per heavy atom. The predicted octanol–water partition coefficient (Wildman–Crippen LogP) is 0.872. The molecule has 0 amide bonds. The topological polar surface area (TPSA) is 70.5 Å². The van der Waals surface area contributed by atoms with E-state index in [0.29, 0.717) is 24.9 Å². The van der Waals surface area contributed by atoms with Crippen molar-refractivity contribution in [2.75, 3.05) is 37.5 Å². The molecule has 1 aromatic heterocycles. The molecule has 1 aliphatic heterocycles. The Balaban J connectivity index is 2.20. The molecule has 0 radical (unpaired) electrons. The van der Waals surface area contributed by atoms with Gasteiger partial charge in [-0.3, -0.25) is 0 Å². The number of nitrogens with zero attached hydrogens (tertiary/aromatic N) is 3. The van der Waals surface area contributed by atoms with Crippen LogP contribution in [0.15, 0.2) is 6.07 Å². The molecular formula is C13H22N4O2. The fraction of sp³-hybridized carbons (Fsp3) is 0.692. The lowest BCUT2D eigenvalue weighted by Crippen LogP contribution is -2.43. The Hall–Kier alpha value is -1.40. The molecule has 6 nitrogen and oxygen atoms in total. The summed E-state index contributed by atoms with van der Waals surface area (Å²) in [6, 6.07) is 1.90. The van der Waals surface area contributed by atoms with E-state index in [0.717, 1.165) is 24.6 Å². The van der Waals surface area contributed by atoms with Crippen LogP contribution in [0.1, 0.15) is 19.2 Å². The first-order valence-electron chi connectivity index (χ1n) is 6.61. The summed E-state index contributed by atoms with van der Waals surface area (Å²) in [5.74, 6) is 2.61. The average molecular weight is 266 g/mol. The van der Waals surface area contributed by atoms with Gasteiger partial charge in [-0.2, -0.15) is 0 Å². The molecule has 19 heavy (non-hydrogen) atoms. The molecule has 1 saturated heterocycles. The van der Waals surface area contributed by atoms with Crippen LogP contribution in [0, 0.1) is 5.92 Å². The number of rotatable bonds is 4. The van der Waals surface area contributed by atoms with Gasteiger partial charge in [0.25, 0.3) is 0 Å². The molecule has 2 unspecified atom stereocenters. The summed E-state index contributed by atoms with van der Waals surface area (Å²) in [5.41, 5.74) is 0. The summed E-state index contributed by atoms with van der Waals surface area (Å²) in [6.07, 6.45) is 0.673. The van der Waals surface area contributed by atoms with E-state index < -0.39 is 0 Å². The molecule has 106 valence electrons. The third-order valence-corrected chi connectivity index (χ3v) is 3.53. The van der Waals surface area contributed by atoms with Gasteiger partial charge in [0.15, 0.2) is 5.82 Å². The maximum atomic E-state index is 9.98. The molecule has 2 atom stereocenters. The Morgan fingerprint density at radius 3 is 2.95 bits per heavy atom. The van der Waals surface area contributed by atoms with Crippen molar-refractivity contribution in [3.8, 4) is 0 Å². The molecule has 0 bridgehead atoms. The first-order chi connectivity index (χ1) is 9.13. The van der Waals surface area contributed by atoms with Crippen LogP contribution in [-0.2, 0) is 11.3 Å². The van der Waals surface area contributed by atoms with Gasteiger partial charge in [-0.25, -0.2) is 9.97 Å². The van der Waals surface area contributed by atoms with E-state index in [1.807, 2.05) is 13.1 Å². The third kappa shape index (κ3) is 3.33. The van der Waals surface area contributed by atoms with Crippen molar-refractivity contribution in [2.24, 2.45) is 5.92 Å². The second-order valence-corrected chi connectivity index (χ2v) is 4.99. The number of anilines is 2. The van der Waals surface area contributed by atoms with E-state index in [1.54, 1.807) is 7.11 Å². The van der Waals surface area contributed by atoms with E-state index >= 15 is 0 Å². The van der Waals surface area contributed by atoms with Crippen molar-refractivity contribution >= 4 is 11.6 Å². The lowest BCUT2D eigenvalue weighted by atomic mass is 9.96. The molecule has 2 rings (SSSR count). The summed E-state index contributed by atoms with van der Waals surface area (Å²) in [6.45, 7) is 3.99. The standard InChI is InChI=1S/C13H22N4O2/c1-9-4-5-17(7-10(9)18)13-6-11(14-2)15-12(16-13)8-19-3/h6,9-10,18H,4-5,7-8H2,1-3H3,(H,14,15,16). The van der Waals surface area contributed by atoms with Crippen molar-refractivity contribution in [2.45, 2.75) is 26.1 Å². The number of aliphatic hydroxyl groups is 1. The first-order valence-corrected chi connectivity index (χ1v) is 6.61. The Morgan fingerprint density at radius 1 is 1.53 bits per heavy atom. The number of aliphatic hydroxyl groups excluding tert-OH is 1. The normalized spacial score (nSPS) is 23.5. The number of hydrogen-bond acceptors (Lipinski definition) is 6. The number of β-amino-alcohol motifs (C(OH)–C–C–N with tert-alkyl or cyclic N) is 1. The molecule has 0 spiro atoms. The van der Waals surface area contributed by atoms with Crippen molar-refractivity contribution in [1.82, 2.24) is 9.97 Å². The molecule has 1 aliphatic rings. The maximum Gasteiger partial charge on any atom is 0.158 e. The van der Waals surface area contributed by atoms with Crippen molar-refractivity contribution in [3.63, 3.8) is 0 Å². The minimum Gasteiger partial charge on any atom is -0.391 e. The molecule has 0 saturated carbocycles. The lowest BCUT2D eigenvalue weighted by Gasteiger charge is -2.35. The number of hydrogen-bond donors (Lipinski definition) is 2. The Bertz CT molecular complexity index is 427. The van der Waals surface area contributed by atoms with Crippen molar-refractivity contribution in [1.29, 1.82) is 0 Å². The Kier molecular flexibility index (Phi) is 4.55. The van der Waals surface area contributed by atoms with Crippen LogP contribution in [0.3, 0.4) is 0 Å². The van der Waals surface area contributed by atoms with Crippen LogP contribution in [0.25, 0.3) is 0 Å². The van der Waals surface area contributed by atoms with Gasteiger partial charge >= 0.3 is 0 Å². The highest BCUT2D eigenvalue weighted by molar-refractivity contribution is 5.49. The minimum atomic E-state index is -0.298. The second-order valence-electron chi connectivity index (χ2n) is 4.99. The molecule has 1 aromatic rings. The van der Waals surface area contributed by atoms with E-state index in [1.165, 1.54) is 0 Å². The number of piperidine rings is 1. The van der Waals surface area contributed by atoms with Gasteiger partial charge in [0.05, 0.1) is 6.10 Å². The molecule has 6 heteroatoms. The van der Waals surface area contributed by atoms with E-state index in [-0.39, 0.29) is 6.10 Å². The predicted molar refractivity (Wildman–Crippen MR) is 74.3 cm³/mol. The maximum absolute atomic E-state index is 9.98. The van der Waals surface area contributed by atoms with Crippen LogP contribution < -0.4 is 10.2 Å². The molecule has 2 N–H and O–H groups in total. The molecular weight excluding hydrogens is 244 g/mol. The SMILES string of the molecule is CNc1cc(N2CCC(C)C(O)C2)nc(COC)n1.